The molecule has 5 heteroatoms. The van der Waals surface area contributed by atoms with Crippen molar-refractivity contribution in [2.45, 2.75) is 51.2 Å². The molecule has 1 saturated carbocycles. The number of ether oxygens (including phenoxy) is 1. The topological polar surface area (TPSA) is 59.4 Å². The summed E-state index contributed by atoms with van der Waals surface area (Å²) in [6.07, 6.45) is 3.76. The maximum absolute atomic E-state index is 12.0. The molecule has 1 aliphatic rings. The van der Waals surface area contributed by atoms with Gasteiger partial charge in [0.1, 0.15) is 11.6 Å². The fourth-order valence-electron chi connectivity index (χ4n) is 2.83. The lowest BCUT2D eigenvalue weighted by atomic mass is 10.0. The van der Waals surface area contributed by atoms with E-state index < -0.39 is 11.6 Å². The van der Waals surface area contributed by atoms with E-state index in [2.05, 4.69) is 36.2 Å². The normalized spacial score (nSPS) is 16.4. The van der Waals surface area contributed by atoms with E-state index >= 15 is 0 Å². The smallest absolute Gasteiger partial charge is 0.338 e. The highest BCUT2D eigenvalue weighted by Crippen LogP contribution is 2.31. The molecule has 0 saturated heterocycles. The van der Waals surface area contributed by atoms with Crippen molar-refractivity contribution < 1.29 is 14.6 Å². The van der Waals surface area contributed by atoms with E-state index in [0.717, 1.165) is 35.5 Å². The Bertz CT molecular complexity index is 672. The molecule has 1 aromatic carbocycles. The highest BCUT2D eigenvalue weighted by Gasteiger charge is 2.40. The number of hydrogen-bond donors (Lipinski definition) is 1. The summed E-state index contributed by atoms with van der Waals surface area (Å²) in [5.41, 5.74) is 1.80. The van der Waals surface area contributed by atoms with Gasteiger partial charge in [-0.3, -0.25) is 0 Å². The molecule has 3 rings (SSSR count). The molecule has 2 aromatic rings. The van der Waals surface area contributed by atoms with Gasteiger partial charge in [-0.15, -0.1) is 11.3 Å². The van der Waals surface area contributed by atoms with Gasteiger partial charge in [0.05, 0.1) is 5.69 Å². The summed E-state index contributed by atoms with van der Waals surface area (Å²) in [5, 5.41) is 13.0. The molecule has 0 spiro atoms. The zero-order valence-corrected chi connectivity index (χ0v) is 14.1. The van der Waals surface area contributed by atoms with Crippen LogP contribution in [-0.2, 0) is 22.6 Å². The van der Waals surface area contributed by atoms with Gasteiger partial charge < -0.3 is 9.84 Å². The van der Waals surface area contributed by atoms with Crippen molar-refractivity contribution in [2.24, 2.45) is 0 Å². The standard InChI is InChI=1S/C18H21NO3S/c1-2-13-5-7-14(8-6-13)16-19-15(12-23-16)11-22-17(20)18(21)9-3-4-10-18/h5-8,12,21H,2-4,9-11H2,1H3. The largest absolute Gasteiger partial charge is 0.457 e. The number of aromatic nitrogens is 1. The van der Waals surface area contributed by atoms with Crippen molar-refractivity contribution in [2.75, 3.05) is 0 Å². The third kappa shape index (κ3) is 3.62. The molecule has 0 bridgehead atoms. The van der Waals surface area contributed by atoms with Crippen LogP contribution in [-0.4, -0.2) is 21.7 Å². The minimum Gasteiger partial charge on any atom is -0.457 e. The summed E-state index contributed by atoms with van der Waals surface area (Å²) >= 11 is 1.53. The van der Waals surface area contributed by atoms with Crippen molar-refractivity contribution in [3.8, 4) is 10.6 Å². The quantitative estimate of drug-likeness (QED) is 0.848. The van der Waals surface area contributed by atoms with Gasteiger partial charge in [-0.1, -0.05) is 31.2 Å². The molecule has 0 atom stereocenters. The van der Waals surface area contributed by atoms with Crippen LogP contribution < -0.4 is 0 Å². The van der Waals surface area contributed by atoms with E-state index in [4.69, 9.17) is 4.74 Å². The van der Waals surface area contributed by atoms with Gasteiger partial charge >= 0.3 is 5.97 Å². The Labute approximate surface area is 140 Å². The average molecular weight is 331 g/mol. The average Bonchev–Trinajstić information content (AvgIpc) is 3.22. The number of benzene rings is 1. The van der Waals surface area contributed by atoms with E-state index in [9.17, 15) is 9.90 Å². The zero-order chi connectivity index (χ0) is 16.3. The van der Waals surface area contributed by atoms with Crippen molar-refractivity contribution in [1.29, 1.82) is 0 Å². The van der Waals surface area contributed by atoms with Crippen LogP contribution in [0.25, 0.3) is 10.6 Å². The number of aliphatic hydroxyl groups is 1. The Morgan fingerprint density at radius 2 is 2.00 bits per heavy atom. The SMILES string of the molecule is CCc1ccc(-c2nc(COC(=O)C3(O)CCCC3)cs2)cc1. The third-order valence-corrected chi connectivity index (χ3v) is 5.26. The van der Waals surface area contributed by atoms with Gasteiger partial charge in [0.25, 0.3) is 0 Å². The first-order valence-corrected chi connectivity index (χ1v) is 8.92. The molecule has 0 unspecified atom stereocenters. The summed E-state index contributed by atoms with van der Waals surface area (Å²) in [6.45, 7) is 2.24. The molecule has 1 aromatic heterocycles. The van der Waals surface area contributed by atoms with Crippen molar-refractivity contribution >= 4 is 17.3 Å². The van der Waals surface area contributed by atoms with Crippen LogP contribution in [0.2, 0.25) is 0 Å². The monoisotopic (exact) mass is 331 g/mol. The fourth-order valence-corrected chi connectivity index (χ4v) is 3.64. The molecule has 1 heterocycles. The molecule has 0 amide bonds. The van der Waals surface area contributed by atoms with E-state index in [1.54, 1.807) is 0 Å². The van der Waals surface area contributed by atoms with Gasteiger partial charge in [-0.25, -0.2) is 9.78 Å². The number of esters is 1. The Hall–Kier alpha value is -1.72. The van der Waals surface area contributed by atoms with Gasteiger partial charge in [0.15, 0.2) is 5.60 Å². The minimum atomic E-state index is -1.28. The van der Waals surface area contributed by atoms with Crippen molar-refractivity contribution in [1.82, 2.24) is 4.98 Å². The summed E-state index contributed by atoms with van der Waals surface area (Å²) in [6, 6.07) is 8.33. The highest BCUT2D eigenvalue weighted by atomic mass is 32.1. The lowest BCUT2D eigenvalue weighted by Gasteiger charge is -2.19. The molecule has 122 valence electrons. The fraction of sp³-hybridized carbons (Fsp3) is 0.444. The van der Waals surface area contributed by atoms with Gasteiger partial charge in [0, 0.05) is 10.9 Å². The van der Waals surface area contributed by atoms with E-state index in [0.29, 0.717) is 12.8 Å². The number of carbonyl (C=O) groups is 1. The van der Waals surface area contributed by atoms with Crippen LogP contribution in [0.3, 0.4) is 0 Å². The summed E-state index contributed by atoms with van der Waals surface area (Å²) in [4.78, 5) is 16.5. The zero-order valence-electron chi connectivity index (χ0n) is 13.2. The van der Waals surface area contributed by atoms with Gasteiger partial charge in [-0.05, 0) is 37.7 Å². The van der Waals surface area contributed by atoms with E-state index in [-0.39, 0.29) is 6.61 Å². The van der Waals surface area contributed by atoms with Crippen LogP contribution in [0.5, 0.6) is 0 Å². The Morgan fingerprint density at radius 1 is 1.30 bits per heavy atom. The maximum Gasteiger partial charge on any atom is 0.338 e. The number of carbonyl (C=O) groups excluding carboxylic acids is 1. The number of nitrogens with zero attached hydrogens (tertiary/aromatic N) is 1. The lowest BCUT2D eigenvalue weighted by molar-refractivity contribution is -0.166. The molecule has 0 radical (unpaired) electrons. The first-order chi connectivity index (χ1) is 11.1. The Kier molecular flexibility index (Phi) is 4.78. The minimum absolute atomic E-state index is 0.116. The molecule has 0 aliphatic heterocycles. The molecule has 1 fully saturated rings. The summed E-state index contributed by atoms with van der Waals surface area (Å²) < 4.78 is 5.26. The van der Waals surface area contributed by atoms with Crippen LogP contribution in [0, 0.1) is 0 Å². The first-order valence-electron chi connectivity index (χ1n) is 8.04. The number of aryl methyl sites for hydroxylation is 1. The second kappa shape index (κ2) is 6.81. The van der Waals surface area contributed by atoms with Gasteiger partial charge in [0.2, 0.25) is 0 Å². The summed E-state index contributed by atoms with van der Waals surface area (Å²) in [7, 11) is 0. The van der Waals surface area contributed by atoms with Crippen LogP contribution in [0.1, 0.15) is 43.9 Å². The molecular weight excluding hydrogens is 310 g/mol. The number of thiazole rings is 1. The number of rotatable bonds is 5. The van der Waals surface area contributed by atoms with Crippen molar-refractivity contribution in [3.63, 3.8) is 0 Å². The molecule has 4 nitrogen and oxygen atoms in total. The molecule has 1 aliphatic carbocycles. The third-order valence-electron chi connectivity index (χ3n) is 4.32. The first kappa shape index (κ1) is 16.1. The Balaban J connectivity index is 1.61. The predicted octanol–water partition coefficient (Wildman–Crippen LogP) is 3.72. The summed E-state index contributed by atoms with van der Waals surface area (Å²) in [5.74, 6) is -0.517. The Morgan fingerprint density at radius 3 is 2.65 bits per heavy atom. The second-order valence-electron chi connectivity index (χ2n) is 6.01. The maximum atomic E-state index is 12.0. The molecular formula is C18H21NO3S. The lowest BCUT2D eigenvalue weighted by Crippen LogP contribution is -2.36. The van der Waals surface area contributed by atoms with E-state index in [1.165, 1.54) is 16.9 Å². The highest BCUT2D eigenvalue weighted by molar-refractivity contribution is 7.13. The van der Waals surface area contributed by atoms with Gasteiger partial charge in [-0.2, -0.15) is 0 Å². The second-order valence-corrected chi connectivity index (χ2v) is 6.87. The van der Waals surface area contributed by atoms with Crippen LogP contribution in [0.4, 0.5) is 0 Å². The predicted molar refractivity (Wildman–Crippen MR) is 90.1 cm³/mol. The molecule has 23 heavy (non-hydrogen) atoms. The van der Waals surface area contributed by atoms with E-state index in [1.807, 2.05) is 5.38 Å². The number of hydrogen-bond acceptors (Lipinski definition) is 5. The van der Waals surface area contributed by atoms with Crippen molar-refractivity contribution in [3.05, 3.63) is 40.9 Å². The molecule has 1 N–H and O–H groups in total. The van der Waals surface area contributed by atoms with Crippen LogP contribution >= 0.6 is 11.3 Å². The van der Waals surface area contributed by atoms with Crippen LogP contribution in [0.15, 0.2) is 29.6 Å².